The van der Waals surface area contributed by atoms with E-state index in [4.69, 9.17) is 9.47 Å². The van der Waals surface area contributed by atoms with E-state index in [0.717, 1.165) is 19.3 Å². The highest BCUT2D eigenvalue weighted by Crippen LogP contribution is 2.17. The van der Waals surface area contributed by atoms with Crippen LogP contribution in [-0.2, 0) is 23.9 Å². The van der Waals surface area contributed by atoms with Crippen molar-refractivity contribution in [2.45, 2.75) is 19.4 Å². The number of carbonyl (C=O) groups is 4. The van der Waals surface area contributed by atoms with E-state index in [1.165, 1.54) is 12.1 Å². The molecule has 0 N–H and O–H groups in total. The van der Waals surface area contributed by atoms with Gasteiger partial charge in [0.2, 0.25) is 0 Å². The number of aldehydes is 1. The van der Waals surface area contributed by atoms with Crippen molar-refractivity contribution < 1.29 is 33.4 Å². The lowest BCUT2D eigenvalue weighted by Gasteiger charge is -2.14. The zero-order valence-electron chi connectivity index (χ0n) is 12.7. The Morgan fingerprint density at radius 1 is 1.13 bits per heavy atom. The molecule has 0 aliphatic carbocycles. The molecule has 0 fully saturated rings. The number of ether oxygens (including phenoxy) is 3. The van der Waals surface area contributed by atoms with E-state index in [-0.39, 0.29) is 17.7 Å². The largest absolute Gasteiger partial charge is 0.466 e. The quantitative estimate of drug-likeness (QED) is 0.325. The molecule has 0 amide bonds. The molecule has 7 nitrogen and oxygen atoms in total. The van der Waals surface area contributed by atoms with Crippen molar-refractivity contribution in [3.8, 4) is 5.75 Å². The third-order valence-electron chi connectivity index (χ3n) is 2.71. The third-order valence-corrected chi connectivity index (χ3v) is 2.71. The number of carbonyl (C=O) groups excluding carboxylic acids is 4. The minimum absolute atomic E-state index is 0.0760. The second kappa shape index (κ2) is 9.14. The van der Waals surface area contributed by atoms with E-state index in [2.05, 4.69) is 4.74 Å². The number of hydrogen-bond acceptors (Lipinski definition) is 7. The van der Waals surface area contributed by atoms with Gasteiger partial charge in [0, 0.05) is 12.2 Å². The molecule has 0 saturated heterocycles. The molecule has 0 radical (unpaired) electrons. The predicted octanol–water partition coefficient (Wildman–Crippen LogP) is 1.46. The summed E-state index contributed by atoms with van der Waals surface area (Å²) in [5.41, 5.74) is 0.201. The van der Waals surface area contributed by atoms with Crippen molar-refractivity contribution in [3.63, 3.8) is 0 Å². The molecule has 0 bridgehead atoms. The predicted molar refractivity (Wildman–Crippen MR) is 78.8 cm³/mol. The van der Waals surface area contributed by atoms with Crippen LogP contribution in [0.5, 0.6) is 5.75 Å². The van der Waals surface area contributed by atoms with Crippen LogP contribution in [0.25, 0.3) is 0 Å². The van der Waals surface area contributed by atoms with Gasteiger partial charge in [-0.2, -0.15) is 0 Å². The molecule has 122 valence electrons. The van der Waals surface area contributed by atoms with Crippen molar-refractivity contribution in [2.24, 2.45) is 0 Å². The summed E-state index contributed by atoms with van der Waals surface area (Å²) in [5, 5.41) is 0. The van der Waals surface area contributed by atoms with E-state index < -0.39 is 24.0 Å². The van der Waals surface area contributed by atoms with Crippen molar-refractivity contribution in [1.29, 1.82) is 0 Å². The van der Waals surface area contributed by atoms with Crippen LogP contribution < -0.4 is 4.74 Å². The fraction of sp³-hybridized carbons (Fsp3) is 0.250. The van der Waals surface area contributed by atoms with Gasteiger partial charge < -0.3 is 14.2 Å². The highest BCUT2D eigenvalue weighted by Gasteiger charge is 2.23. The molecule has 1 unspecified atom stereocenters. The molecular formula is C16H16O7. The minimum atomic E-state index is -1.16. The molecule has 1 rings (SSSR count). The fourth-order valence-electron chi connectivity index (χ4n) is 1.53. The smallest absolute Gasteiger partial charge is 0.352 e. The monoisotopic (exact) mass is 320 g/mol. The first-order chi connectivity index (χ1) is 11.0. The molecule has 0 spiro atoms. The van der Waals surface area contributed by atoms with E-state index in [1.54, 1.807) is 19.1 Å². The van der Waals surface area contributed by atoms with Gasteiger partial charge in [0.15, 0.2) is 12.4 Å². The summed E-state index contributed by atoms with van der Waals surface area (Å²) >= 11 is 0. The van der Waals surface area contributed by atoms with Gasteiger partial charge >= 0.3 is 17.9 Å². The Hall–Kier alpha value is -2.96. The van der Waals surface area contributed by atoms with Crippen molar-refractivity contribution in [3.05, 3.63) is 42.0 Å². The molecule has 7 heteroatoms. The van der Waals surface area contributed by atoms with Gasteiger partial charge in [-0.15, -0.1) is 0 Å². The Balaban J connectivity index is 2.72. The number of para-hydroxylation sites is 1. The standard InChI is InChI=1S/C16H16O7/c1-3-12(22-15(19)9-8-14(18)21-2)16(20)23-13-7-5-4-6-11(13)10-17/h4-10,12H,3H2,1-2H3. The van der Waals surface area contributed by atoms with Crippen molar-refractivity contribution in [2.75, 3.05) is 7.11 Å². The molecule has 1 aromatic rings. The normalized spacial score (nSPS) is 11.6. The lowest BCUT2D eigenvalue weighted by atomic mass is 10.2. The summed E-state index contributed by atoms with van der Waals surface area (Å²) in [5.74, 6) is -2.35. The summed E-state index contributed by atoms with van der Waals surface area (Å²) in [4.78, 5) is 45.3. The van der Waals surface area contributed by atoms with Crippen LogP contribution >= 0.6 is 0 Å². The maximum atomic E-state index is 12.0. The first-order valence-corrected chi connectivity index (χ1v) is 6.74. The summed E-state index contributed by atoms with van der Waals surface area (Å²) in [6.45, 7) is 1.62. The summed E-state index contributed by atoms with van der Waals surface area (Å²) < 4.78 is 14.3. The van der Waals surface area contributed by atoms with E-state index >= 15 is 0 Å². The maximum absolute atomic E-state index is 12.0. The molecule has 0 heterocycles. The molecule has 1 aromatic carbocycles. The average molecular weight is 320 g/mol. The van der Waals surface area contributed by atoms with Gasteiger partial charge in [0.25, 0.3) is 0 Å². The van der Waals surface area contributed by atoms with E-state index in [0.29, 0.717) is 6.29 Å². The Labute approximate surface area is 132 Å². The van der Waals surface area contributed by atoms with Gasteiger partial charge in [-0.3, -0.25) is 4.79 Å². The summed E-state index contributed by atoms with van der Waals surface area (Å²) in [6.07, 6.45) is 1.28. The van der Waals surface area contributed by atoms with E-state index in [1.807, 2.05) is 0 Å². The average Bonchev–Trinajstić information content (AvgIpc) is 2.57. The first-order valence-electron chi connectivity index (χ1n) is 6.74. The van der Waals surface area contributed by atoms with Gasteiger partial charge in [-0.25, -0.2) is 14.4 Å². The molecule has 0 aromatic heterocycles. The Kier molecular flexibility index (Phi) is 7.19. The highest BCUT2D eigenvalue weighted by atomic mass is 16.6. The van der Waals surface area contributed by atoms with Crippen LogP contribution in [0.2, 0.25) is 0 Å². The van der Waals surface area contributed by atoms with Crippen LogP contribution in [0.3, 0.4) is 0 Å². The topological polar surface area (TPSA) is 96.0 Å². The Morgan fingerprint density at radius 2 is 1.78 bits per heavy atom. The number of methoxy groups -OCH3 is 1. The molecule has 1 atom stereocenters. The second-order valence-corrected chi connectivity index (χ2v) is 4.27. The van der Waals surface area contributed by atoms with Crippen LogP contribution in [-0.4, -0.2) is 37.4 Å². The van der Waals surface area contributed by atoms with Gasteiger partial charge in [0.1, 0.15) is 5.75 Å². The van der Waals surface area contributed by atoms with Crippen LogP contribution in [0, 0.1) is 0 Å². The number of hydrogen-bond donors (Lipinski definition) is 0. The lowest BCUT2D eigenvalue weighted by Crippen LogP contribution is -2.30. The molecule has 0 aliphatic rings. The molecular weight excluding hydrogens is 304 g/mol. The first kappa shape index (κ1) is 18.1. The van der Waals surface area contributed by atoms with Gasteiger partial charge in [-0.1, -0.05) is 19.1 Å². The zero-order valence-corrected chi connectivity index (χ0v) is 12.7. The van der Waals surface area contributed by atoms with Crippen LogP contribution in [0.15, 0.2) is 36.4 Å². The number of rotatable bonds is 7. The van der Waals surface area contributed by atoms with Gasteiger partial charge in [0.05, 0.1) is 12.7 Å². The summed E-state index contributed by atoms with van der Waals surface area (Å²) in [7, 11) is 1.16. The van der Waals surface area contributed by atoms with Crippen LogP contribution in [0.4, 0.5) is 0 Å². The fourth-order valence-corrected chi connectivity index (χ4v) is 1.53. The SMILES string of the molecule is CCC(OC(=O)C=CC(=O)OC)C(=O)Oc1ccccc1C=O. The highest BCUT2D eigenvalue weighted by molar-refractivity contribution is 5.93. The Morgan fingerprint density at radius 3 is 2.39 bits per heavy atom. The van der Waals surface area contributed by atoms with E-state index in [9.17, 15) is 19.2 Å². The van der Waals surface area contributed by atoms with Crippen molar-refractivity contribution in [1.82, 2.24) is 0 Å². The van der Waals surface area contributed by atoms with Crippen molar-refractivity contribution >= 4 is 24.2 Å². The molecule has 0 saturated carbocycles. The number of esters is 3. The lowest BCUT2D eigenvalue weighted by molar-refractivity contribution is -0.159. The maximum Gasteiger partial charge on any atom is 0.352 e. The van der Waals surface area contributed by atoms with Crippen LogP contribution in [0.1, 0.15) is 23.7 Å². The van der Waals surface area contributed by atoms with Gasteiger partial charge in [-0.05, 0) is 18.6 Å². The second-order valence-electron chi connectivity index (χ2n) is 4.27. The summed E-state index contributed by atoms with van der Waals surface area (Å²) in [6, 6.07) is 6.16. The zero-order chi connectivity index (χ0) is 17.2. The third kappa shape index (κ3) is 5.74. The number of benzene rings is 1. The minimum Gasteiger partial charge on any atom is -0.466 e. The molecule has 23 heavy (non-hydrogen) atoms. The molecule has 0 aliphatic heterocycles. The Bertz CT molecular complexity index is 619.